The second kappa shape index (κ2) is 13.2. The minimum absolute atomic E-state index is 0.193. The lowest BCUT2D eigenvalue weighted by atomic mass is 10.1. The number of pyridine rings is 1. The number of esters is 1. The van der Waals surface area contributed by atoms with Gasteiger partial charge in [-0.05, 0) is 30.3 Å². The summed E-state index contributed by atoms with van der Waals surface area (Å²) in [6, 6.07) is 5.75. The number of halogens is 6. The predicted octanol–water partition coefficient (Wildman–Crippen LogP) is 6.03. The molecule has 1 aromatic heterocycles. The van der Waals surface area contributed by atoms with Crippen LogP contribution in [-0.4, -0.2) is 57.4 Å². The molecule has 0 N–H and O–H groups in total. The van der Waals surface area contributed by atoms with Gasteiger partial charge < -0.3 is 18.9 Å². The summed E-state index contributed by atoms with van der Waals surface area (Å²) in [7, 11) is 3.63. The minimum atomic E-state index is -4.88. The normalized spacial score (nSPS) is 11.4. The van der Waals surface area contributed by atoms with Crippen molar-refractivity contribution >= 4 is 33.5 Å². The number of methoxy groups -OCH3 is 3. The second-order valence-electron chi connectivity index (χ2n) is 8.11. The summed E-state index contributed by atoms with van der Waals surface area (Å²) in [6.07, 6.45) is -3.87. The maximum atomic E-state index is 15.4. The van der Waals surface area contributed by atoms with Gasteiger partial charge in [0.2, 0.25) is 5.88 Å². The van der Waals surface area contributed by atoms with Gasteiger partial charge in [-0.2, -0.15) is 13.2 Å². The van der Waals surface area contributed by atoms with E-state index in [1.54, 1.807) is 0 Å². The van der Waals surface area contributed by atoms with Crippen molar-refractivity contribution in [3.63, 3.8) is 0 Å². The molecule has 3 aromatic rings. The van der Waals surface area contributed by atoms with Crippen LogP contribution in [0.25, 0.3) is 0 Å². The van der Waals surface area contributed by atoms with Gasteiger partial charge in [-0.1, -0.05) is 15.9 Å². The van der Waals surface area contributed by atoms with Gasteiger partial charge in [0, 0.05) is 37.0 Å². The maximum Gasteiger partial charge on any atom is 0.421 e. The van der Waals surface area contributed by atoms with Gasteiger partial charge in [0.1, 0.15) is 11.4 Å². The molecule has 2 aromatic carbocycles. The molecule has 214 valence electrons. The van der Waals surface area contributed by atoms with E-state index in [1.807, 2.05) is 0 Å². The Labute approximate surface area is 233 Å². The van der Waals surface area contributed by atoms with Crippen LogP contribution in [0, 0.1) is 11.6 Å². The van der Waals surface area contributed by atoms with Crippen molar-refractivity contribution in [2.24, 2.45) is 0 Å². The first-order valence-corrected chi connectivity index (χ1v) is 12.1. The van der Waals surface area contributed by atoms with E-state index in [9.17, 15) is 27.2 Å². The molecule has 0 aliphatic heterocycles. The van der Waals surface area contributed by atoms with E-state index in [0.29, 0.717) is 16.6 Å². The van der Waals surface area contributed by atoms with Crippen LogP contribution in [0.1, 0.15) is 26.3 Å². The molecular formula is C26H22BrF5N2O6. The largest absolute Gasteiger partial charge is 0.465 e. The summed E-state index contributed by atoms with van der Waals surface area (Å²) < 4.78 is 91.2. The van der Waals surface area contributed by atoms with Crippen molar-refractivity contribution in [3.05, 3.63) is 81.5 Å². The summed E-state index contributed by atoms with van der Waals surface area (Å²) in [4.78, 5) is 30.9. The van der Waals surface area contributed by atoms with Crippen LogP contribution in [0.4, 0.5) is 27.6 Å². The molecule has 0 saturated heterocycles. The van der Waals surface area contributed by atoms with Crippen molar-refractivity contribution in [2.75, 3.05) is 39.4 Å². The van der Waals surface area contributed by atoms with Gasteiger partial charge in [-0.15, -0.1) is 0 Å². The molecule has 0 fully saturated rings. The topological polar surface area (TPSA) is 87.2 Å². The number of amides is 1. The van der Waals surface area contributed by atoms with Crippen LogP contribution in [0.3, 0.4) is 0 Å². The number of carbonyl (C=O) groups excluding carboxylic acids is 2. The molecule has 1 heterocycles. The van der Waals surface area contributed by atoms with Crippen molar-refractivity contribution in [1.29, 1.82) is 0 Å². The lowest BCUT2D eigenvalue weighted by Crippen LogP contribution is -2.47. The Bertz CT molecular complexity index is 1380. The lowest BCUT2D eigenvalue weighted by Gasteiger charge is -2.32. The first-order valence-electron chi connectivity index (χ1n) is 11.3. The molecule has 0 radical (unpaired) electrons. The van der Waals surface area contributed by atoms with Gasteiger partial charge >= 0.3 is 12.1 Å². The zero-order valence-electron chi connectivity index (χ0n) is 21.2. The Morgan fingerprint density at radius 1 is 0.975 bits per heavy atom. The highest BCUT2D eigenvalue weighted by molar-refractivity contribution is 9.10. The highest BCUT2D eigenvalue weighted by atomic mass is 79.9. The Balaban J connectivity index is 2.23. The van der Waals surface area contributed by atoms with Crippen LogP contribution in [0.15, 0.2) is 53.1 Å². The Morgan fingerprint density at radius 3 is 2.23 bits per heavy atom. The quantitative estimate of drug-likeness (QED) is 0.199. The zero-order valence-corrected chi connectivity index (χ0v) is 22.8. The molecule has 8 nitrogen and oxygen atoms in total. The van der Waals surface area contributed by atoms with Gasteiger partial charge in [0.25, 0.3) is 5.91 Å². The van der Waals surface area contributed by atoms with Crippen molar-refractivity contribution in [3.8, 4) is 11.6 Å². The fourth-order valence-corrected chi connectivity index (χ4v) is 4.07. The minimum Gasteiger partial charge on any atom is -0.465 e. The second-order valence-corrected chi connectivity index (χ2v) is 9.03. The number of anilines is 1. The average molecular weight is 633 g/mol. The van der Waals surface area contributed by atoms with Crippen LogP contribution in [0.2, 0.25) is 0 Å². The van der Waals surface area contributed by atoms with Gasteiger partial charge in [-0.25, -0.2) is 18.6 Å². The van der Waals surface area contributed by atoms with E-state index in [0.717, 1.165) is 36.4 Å². The molecule has 3 rings (SSSR count). The Morgan fingerprint density at radius 2 is 1.65 bits per heavy atom. The third kappa shape index (κ3) is 6.92. The maximum absolute atomic E-state index is 15.4. The number of nitrogens with zero attached hydrogens (tertiary/aromatic N) is 2. The number of hydrogen-bond donors (Lipinski definition) is 0. The average Bonchev–Trinajstić information content (AvgIpc) is 2.89. The van der Waals surface area contributed by atoms with Crippen molar-refractivity contribution in [1.82, 2.24) is 4.98 Å². The number of ether oxygens (including phenoxy) is 4. The molecule has 0 spiro atoms. The van der Waals surface area contributed by atoms with Crippen LogP contribution < -0.4 is 9.64 Å². The smallest absolute Gasteiger partial charge is 0.421 e. The van der Waals surface area contributed by atoms with E-state index in [1.165, 1.54) is 26.4 Å². The molecule has 0 atom stereocenters. The van der Waals surface area contributed by atoms with Gasteiger partial charge in [-0.3, -0.25) is 9.69 Å². The summed E-state index contributed by atoms with van der Waals surface area (Å²) in [5.74, 6) is -6.06. The first-order chi connectivity index (χ1) is 18.9. The van der Waals surface area contributed by atoms with E-state index >= 15 is 4.39 Å². The fraction of sp³-hybridized carbons (Fsp3) is 0.269. The molecule has 0 saturated carbocycles. The fourth-order valence-electron chi connectivity index (χ4n) is 3.73. The molecule has 14 heteroatoms. The molecule has 0 unspecified atom stereocenters. The standard InChI is InChI=1S/C26H22BrF5N2O6/c1-37-12-15(13-38-2)34(24(35)16-7-6-14(27)9-19(16)28)21-11-20(29)22(10-17(21)25(36)39-3)40-23-18(26(30,31)32)5-4-8-33-23/h4-11,15H,12-13H2,1-3H3. The Kier molecular flexibility index (Phi) is 10.2. The molecule has 0 aliphatic carbocycles. The highest BCUT2D eigenvalue weighted by Crippen LogP contribution is 2.39. The first kappa shape index (κ1) is 30.9. The van der Waals surface area contributed by atoms with E-state index in [4.69, 9.17) is 18.9 Å². The summed E-state index contributed by atoms with van der Waals surface area (Å²) >= 11 is 3.10. The SMILES string of the molecule is COCC(COC)N(C(=O)c1ccc(Br)cc1F)c1cc(F)c(Oc2ncccc2C(F)(F)F)cc1C(=O)OC. The van der Waals surface area contributed by atoms with E-state index < -0.39 is 69.7 Å². The molecular weight excluding hydrogens is 611 g/mol. The third-order valence-corrected chi connectivity index (χ3v) is 5.96. The van der Waals surface area contributed by atoms with Crippen LogP contribution in [-0.2, 0) is 20.4 Å². The van der Waals surface area contributed by atoms with Crippen molar-refractivity contribution < 1.29 is 50.5 Å². The summed E-state index contributed by atoms with van der Waals surface area (Å²) in [6.45, 7) is -0.387. The van der Waals surface area contributed by atoms with Crippen molar-refractivity contribution in [2.45, 2.75) is 12.2 Å². The number of aromatic nitrogens is 1. The molecule has 40 heavy (non-hydrogen) atoms. The number of carbonyl (C=O) groups is 2. The number of benzene rings is 2. The molecule has 0 aliphatic rings. The predicted molar refractivity (Wildman–Crippen MR) is 136 cm³/mol. The summed E-state index contributed by atoms with van der Waals surface area (Å²) in [5, 5.41) is 0. The summed E-state index contributed by atoms with van der Waals surface area (Å²) in [5.41, 5.74) is -2.60. The van der Waals surface area contributed by atoms with Crippen LogP contribution >= 0.6 is 15.9 Å². The van der Waals surface area contributed by atoms with E-state index in [-0.39, 0.29) is 13.2 Å². The van der Waals surface area contributed by atoms with Crippen LogP contribution in [0.5, 0.6) is 11.6 Å². The van der Waals surface area contributed by atoms with Gasteiger partial charge in [0.05, 0.1) is 43.2 Å². The van der Waals surface area contributed by atoms with E-state index in [2.05, 4.69) is 20.9 Å². The number of alkyl halides is 3. The molecule has 0 bridgehead atoms. The number of rotatable bonds is 10. The van der Waals surface area contributed by atoms with Gasteiger partial charge in [0.15, 0.2) is 11.6 Å². The Hall–Kier alpha value is -3.62. The number of hydrogen-bond acceptors (Lipinski definition) is 7. The monoisotopic (exact) mass is 632 g/mol. The highest BCUT2D eigenvalue weighted by Gasteiger charge is 2.36. The third-order valence-electron chi connectivity index (χ3n) is 5.46. The lowest BCUT2D eigenvalue weighted by molar-refractivity contribution is -0.138. The zero-order chi connectivity index (χ0) is 29.6. The molecule has 1 amide bonds.